The molecule has 0 spiro atoms. The molecule has 6 heteroatoms. The largest absolute Gasteiger partial charge is 0.299 e. The van der Waals surface area contributed by atoms with Gasteiger partial charge in [0.05, 0.1) is 17.0 Å². The van der Waals surface area contributed by atoms with Crippen LogP contribution in [-0.4, -0.2) is 34.6 Å². The number of likely N-dealkylation sites (tertiary alicyclic amines) is 1. The van der Waals surface area contributed by atoms with E-state index in [0.717, 1.165) is 35.5 Å². The summed E-state index contributed by atoms with van der Waals surface area (Å²) >= 11 is 1.41. The van der Waals surface area contributed by atoms with Crippen molar-refractivity contribution in [2.24, 2.45) is 4.99 Å². The van der Waals surface area contributed by atoms with Gasteiger partial charge in [-0.3, -0.25) is 20.0 Å². The van der Waals surface area contributed by atoms with Gasteiger partial charge in [-0.15, -0.1) is 11.3 Å². The number of hydrogen-bond acceptors (Lipinski definition) is 5. The third kappa shape index (κ3) is 3.86. The highest BCUT2D eigenvalue weighted by Gasteiger charge is 2.22. The van der Waals surface area contributed by atoms with E-state index >= 15 is 0 Å². The molecular weight excluding hydrogens is 380 g/mol. The Morgan fingerprint density at radius 3 is 2.83 bits per heavy atom. The molecule has 146 valence electrons. The number of benzene rings is 2. The van der Waals surface area contributed by atoms with E-state index < -0.39 is 0 Å². The highest BCUT2D eigenvalue weighted by atomic mass is 32.1. The molecule has 0 unspecified atom stereocenters. The van der Waals surface area contributed by atoms with E-state index in [2.05, 4.69) is 45.5 Å². The highest BCUT2D eigenvalue weighted by Crippen LogP contribution is 2.33. The molecule has 0 aliphatic carbocycles. The highest BCUT2D eigenvalue weighted by molar-refractivity contribution is 7.13. The number of aromatic nitrogens is 1. The lowest BCUT2D eigenvalue weighted by Gasteiger charge is -2.15. The maximum Gasteiger partial charge on any atom is 0.259 e. The molecular formula is C23H22N4OS. The minimum Gasteiger partial charge on any atom is -0.299 e. The number of carbonyl (C=O) groups is 1. The number of nitrogens with zero attached hydrogens (tertiary/aromatic N) is 3. The Labute approximate surface area is 174 Å². The van der Waals surface area contributed by atoms with Gasteiger partial charge < -0.3 is 0 Å². The summed E-state index contributed by atoms with van der Waals surface area (Å²) < 4.78 is 0. The number of amides is 1. The lowest BCUT2D eigenvalue weighted by Crippen LogP contribution is -2.18. The van der Waals surface area contributed by atoms with E-state index in [1.54, 1.807) is 6.20 Å². The van der Waals surface area contributed by atoms with Gasteiger partial charge in [0.1, 0.15) is 0 Å². The molecule has 1 N–H and O–H groups in total. The first kappa shape index (κ1) is 18.2. The van der Waals surface area contributed by atoms with Crippen molar-refractivity contribution in [3.8, 4) is 0 Å². The van der Waals surface area contributed by atoms with E-state index in [1.807, 2.05) is 17.5 Å². The van der Waals surface area contributed by atoms with Crippen LogP contribution in [0.5, 0.6) is 0 Å². The number of aliphatic imine (C=N–C) groups is 1. The van der Waals surface area contributed by atoms with Crippen LogP contribution >= 0.6 is 11.3 Å². The monoisotopic (exact) mass is 402 g/mol. The molecule has 2 aliphatic rings. The second kappa shape index (κ2) is 7.89. The zero-order valence-electron chi connectivity index (χ0n) is 16.1. The summed E-state index contributed by atoms with van der Waals surface area (Å²) in [7, 11) is 0. The van der Waals surface area contributed by atoms with Crippen molar-refractivity contribution in [3.05, 3.63) is 76.3 Å². The van der Waals surface area contributed by atoms with Gasteiger partial charge in [-0.05, 0) is 54.8 Å². The molecule has 0 atom stereocenters. The van der Waals surface area contributed by atoms with Gasteiger partial charge in [0.2, 0.25) is 0 Å². The Hall–Kier alpha value is -2.83. The lowest BCUT2D eigenvalue weighted by atomic mass is 10.0. The number of thiazole rings is 1. The molecule has 1 amide bonds. The molecule has 0 bridgehead atoms. The number of fused-ring (bicyclic) bond motifs is 1. The van der Waals surface area contributed by atoms with Crippen LogP contribution in [0.2, 0.25) is 0 Å². The fraction of sp³-hybridized carbons (Fsp3) is 0.261. The number of anilines is 1. The van der Waals surface area contributed by atoms with E-state index in [-0.39, 0.29) is 5.91 Å². The quantitative estimate of drug-likeness (QED) is 0.675. The second-order valence-electron chi connectivity index (χ2n) is 7.52. The van der Waals surface area contributed by atoms with E-state index in [4.69, 9.17) is 4.99 Å². The third-order valence-electron chi connectivity index (χ3n) is 5.49. The topological polar surface area (TPSA) is 57.6 Å². The molecule has 5 rings (SSSR count). The number of nitrogens with one attached hydrogen (secondary N) is 1. The average molecular weight is 403 g/mol. The normalized spacial score (nSPS) is 15.9. The Morgan fingerprint density at radius 2 is 2.00 bits per heavy atom. The molecule has 3 aromatic rings. The molecule has 1 aromatic heterocycles. The van der Waals surface area contributed by atoms with Crippen molar-refractivity contribution in [2.75, 3.05) is 18.4 Å². The average Bonchev–Trinajstić information content (AvgIpc) is 3.49. The maximum atomic E-state index is 12.7. The maximum absolute atomic E-state index is 12.7. The summed E-state index contributed by atoms with van der Waals surface area (Å²) in [6.45, 7) is 3.37. The molecule has 2 aromatic carbocycles. The van der Waals surface area contributed by atoms with Crippen molar-refractivity contribution >= 4 is 33.8 Å². The summed E-state index contributed by atoms with van der Waals surface area (Å²) in [5.41, 5.74) is 5.96. The van der Waals surface area contributed by atoms with Gasteiger partial charge >= 0.3 is 0 Å². The van der Waals surface area contributed by atoms with Crippen LogP contribution in [0.25, 0.3) is 0 Å². The van der Waals surface area contributed by atoms with Crippen LogP contribution in [0.1, 0.15) is 39.9 Å². The van der Waals surface area contributed by atoms with Gasteiger partial charge in [-0.25, -0.2) is 4.98 Å². The number of rotatable bonds is 5. The first-order chi connectivity index (χ1) is 14.3. The van der Waals surface area contributed by atoms with Gasteiger partial charge in [-0.2, -0.15) is 0 Å². The minimum atomic E-state index is -0.162. The van der Waals surface area contributed by atoms with Crippen molar-refractivity contribution in [3.63, 3.8) is 0 Å². The molecule has 0 radical (unpaired) electrons. The third-order valence-corrected chi connectivity index (χ3v) is 6.18. The molecule has 5 nitrogen and oxygen atoms in total. The Balaban J connectivity index is 1.40. The molecule has 1 fully saturated rings. The van der Waals surface area contributed by atoms with Gasteiger partial charge in [0.25, 0.3) is 5.91 Å². The first-order valence-electron chi connectivity index (χ1n) is 9.98. The fourth-order valence-corrected chi connectivity index (χ4v) is 4.59. The van der Waals surface area contributed by atoms with Crippen LogP contribution in [0.4, 0.5) is 10.8 Å². The van der Waals surface area contributed by atoms with Crippen molar-refractivity contribution in [1.29, 1.82) is 0 Å². The second-order valence-corrected chi connectivity index (χ2v) is 8.42. The smallest absolute Gasteiger partial charge is 0.259 e. The van der Waals surface area contributed by atoms with Gasteiger partial charge in [0.15, 0.2) is 5.13 Å². The van der Waals surface area contributed by atoms with Crippen molar-refractivity contribution < 1.29 is 4.79 Å². The van der Waals surface area contributed by atoms with Crippen LogP contribution < -0.4 is 5.32 Å². The van der Waals surface area contributed by atoms with Crippen molar-refractivity contribution in [2.45, 2.75) is 25.8 Å². The predicted molar refractivity (Wildman–Crippen MR) is 117 cm³/mol. The molecule has 1 saturated heterocycles. The predicted octanol–water partition coefficient (Wildman–Crippen LogP) is 4.67. The van der Waals surface area contributed by atoms with Gasteiger partial charge in [-0.1, -0.05) is 30.3 Å². The number of para-hydroxylation sites is 1. The summed E-state index contributed by atoms with van der Waals surface area (Å²) in [6.07, 6.45) is 5.03. The number of carbonyl (C=O) groups excluding carboxylic acids is 1. The van der Waals surface area contributed by atoms with E-state index in [0.29, 0.717) is 10.7 Å². The fourth-order valence-electron chi connectivity index (χ4n) is 4.07. The summed E-state index contributed by atoms with van der Waals surface area (Å²) in [5, 5.41) is 5.31. The summed E-state index contributed by atoms with van der Waals surface area (Å²) in [6, 6.07) is 14.5. The Morgan fingerprint density at radius 1 is 1.14 bits per heavy atom. The Kier molecular flexibility index (Phi) is 4.96. The Bertz CT molecular complexity index is 1070. The standard InChI is InChI=1S/C23H22N4OS/c28-22(26-23-24-9-12-29-23)19-8-4-7-18-14-20(25-21(18)19)17-6-3-5-16(13-17)15-27-10-1-2-11-27/h3-9,12-13H,1-2,10-11,14-15H2,(H,24,26,28). The van der Waals surface area contributed by atoms with Crippen LogP contribution in [0.3, 0.4) is 0 Å². The molecule has 29 heavy (non-hydrogen) atoms. The molecule has 0 saturated carbocycles. The van der Waals surface area contributed by atoms with Crippen molar-refractivity contribution in [1.82, 2.24) is 9.88 Å². The summed E-state index contributed by atoms with van der Waals surface area (Å²) in [5.74, 6) is -0.162. The van der Waals surface area contributed by atoms with E-state index in [1.165, 1.54) is 42.8 Å². The summed E-state index contributed by atoms with van der Waals surface area (Å²) in [4.78, 5) is 24.3. The lowest BCUT2D eigenvalue weighted by molar-refractivity contribution is 0.102. The van der Waals surface area contributed by atoms with Crippen LogP contribution in [-0.2, 0) is 13.0 Å². The van der Waals surface area contributed by atoms with Crippen LogP contribution in [0.15, 0.2) is 59.0 Å². The first-order valence-corrected chi connectivity index (χ1v) is 10.9. The number of hydrogen-bond donors (Lipinski definition) is 1. The minimum absolute atomic E-state index is 0.162. The zero-order valence-corrected chi connectivity index (χ0v) is 16.9. The van der Waals surface area contributed by atoms with Gasteiger partial charge in [0, 0.05) is 24.5 Å². The van der Waals surface area contributed by atoms with Crippen LogP contribution in [0, 0.1) is 0 Å². The SMILES string of the molecule is O=C(Nc1nccs1)c1cccc2c1N=C(c1cccc(CN3CCCC3)c1)C2. The zero-order chi connectivity index (χ0) is 19.6. The van der Waals surface area contributed by atoms with E-state index in [9.17, 15) is 4.79 Å². The molecule has 2 aliphatic heterocycles. The molecule has 3 heterocycles.